The van der Waals surface area contributed by atoms with Gasteiger partial charge in [-0.2, -0.15) is 0 Å². The third-order valence-electron chi connectivity index (χ3n) is 2.54. The number of anilines is 1. The zero-order valence-corrected chi connectivity index (χ0v) is 13.8. The molecule has 2 N–H and O–H groups in total. The number of nitrogens with two attached hydrogens (primary N) is 1. The van der Waals surface area contributed by atoms with E-state index in [4.69, 9.17) is 22.1 Å². The van der Waals surface area contributed by atoms with Crippen molar-refractivity contribution < 1.29 is 13.5 Å². The molecule has 7 heteroatoms. The second-order valence-electron chi connectivity index (χ2n) is 3.92. The third-order valence-corrected chi connectivity index (χ3v) is 3.96. The lowest BCUT2D eigenvalue weighted by atomic mass is 10.2. The molecule has 0 aliphatic rings. The summed E-state index contributed by atoms with van der Waals surface area (Å²) in [6.07, 6.45) is 0. The predicted molar refractivity (Wildman–Crippen MR) is 82.0 cm³/mol. The molecule has 0 radical (unpaired) electrons. The molecule has 0 unspecified atom stereocenters. The molecule has 0 bridgehead atoms. The van der Waals surface area contributed by atoms with Crippen LogP contribution in [0.5, 0.6) is 5.75 Å². The summed E-state index contributed by atoms with van der Waals surface area (Å²) < 4.78 is 33.5. The Morgan fingerprint density at radius 2 is 1.85 bits per heavy atom. The number of halogens is 5. The van der Waals surface area contributed by atoms with Crippen molar-refractivity contribution in [2.45, 2.75) is 6.61 Å². The van der Waals surface area contributed by atoms with E-state index in [1.54, 1.807) is 6.07 Å². The molecular weight excluding hydrogens is 419 g/mol. The Morgan fingerprint density at radius 1 is 1.15 bits per heavy atom. The van der Waals surface area contributed by atoms with Crippen LogP contribution in [0.15, 0.2) is 33.2 Å². The Balaban J connectivity index is 2.28. The van der Waals surface area contributed by atoms with Crippen LogP contribution in [0, 0.1) is 11.6 Å². The van der Waals surface area contributed by atoms with Crippen molar-refractivity contribution in [1.29, 1.82) is 0 Å². The minimum absolute atomic E-state index is 0.167. The molecule has 0 aromatic heterocycles. The van der Waals surface area contributed by atoms with Gasteiger partial charge >= 0.3 is 0 Å². The van der Waals surface area contributed by atoms with Gasteiger partial charge in [0.2, 0.25) is 0 Å². The number of nitrogen functional groups attached to an aromatic ring is 1. The minimum atomic E-state index is -0.700. The lowest BCUT2D eigenvalue weighted by molar-refractivity contribution is 0.292. The Morgan fingerprint density at radius 3 is 2.50 bits per heavy atom. The van der Waals surface area contributed by atoms with E-state index < -0.39 is 11.6 Å². The maximum Gasteiger partial charge on any atom is 0.156 e. The molecular formula is C13H8Br2ClF2NO. The van der Waals surface area contributed by atoms with Crippen molar-refractivity contribution in [3.63, 3.8) is 0 Å². The maximum atomic E-state index is 13.8. The number of ether oxygens (including phenoxy) is 1. The van der Waals surface area contributed by atoms with Gasteiger partial charge in [-0.15, -0.1) is 0 Å². The summed E-state index contributed by atoms with van der Waals surface area (Å²) in [6, 6.07) is 5.53. The largest absolute Gasteiger partial charge is 0.485 e. The molecule has 0 aliphatic heterocycles. The highest BCUT2D eigenvalue weighted by molar-refractivity contribution is 9.10. The van der Waals surface area contributed by atoms with Gasteiger partial charge < -0.3 is 10.5 Å². The average Bonchev–Trinajstić information content (AvgIpc) is 2.36. The first-order valence-corrected chi connectivity index (χ1v) is 7.36. The van der Waals surface area contributed by atoms with Gasteiger partial charge in [0.15, 0.2) is 5.75 Å². The summed E-state index contributed by atoms with van der Waals surface area (Å²) in [5, 5.41) is 0.432. The Labute approximate surface area is 136 Å². The average molecular weight is 427 g/mol. The van der Waals surface area contributed by atoms with Crippen LogP contribution in [0.25, 0.3) is 0 Å². The van der Waals surface area contributed by atoms with E-state index in [-0.39, 0.29) is 28.1 Å². The van der Waals surface area contributed by atoms with Crippen molar-refractivity contribution in [2.24, 2.45) is 0 Å². The first-order valence-electron chi connectivity index (χ1n) is 5.40. The molecule has 0 fully saturated rings. The van der Waals surface area contributed by atoms with Crippen LogP contribution < -0.4 is 10.5 Å². The lowest BCUT2D eigenvalue weighted by Gasteiger charge is -2.13. The van der Waals surface area contributed by atoms with E-state index in [0.29, 0.717) is 9.50 Å². The highest BCUT2D eigenvalue weighted by Crippen LogP contribution is 2.35. The lowest BCUT2D eigenvalue weighted by Crippen LogP contribution is -2.04. The topological polar surface area (TPSA) is 35.2 Å². The molecule has 0 aliphatic carbocycles. The van der Waals surface area contributed by atoms with Crippen molar-refractivity contribution >= 4 is 49.1 Å². The molecule has 2 nitrogen and oxygen atoms in total. The van der Waals surface area contributed by atoms with Crippen LogP contribution >= 0.6 is 43.5 Å². The summed E-state index contributed by atoms with van der Waals surface area (Å²) in [4.78, 5) is 0. The van der Waals surface area contributed by atoms with Crippen molar-refractivity contribution in [1.82, 2.24) is 0 Å². The zero-order chi connectivity index (χ0) is 14.9. The Bertz CT molecular complexity index is 644. The van der Waals surface area contributed by atoms with Gasteiger partial charge in [-0.3, -0.25) is 0 Å². The summed E-state index contributed by atoms with van der Waals surface area (Å²) >= 11 is 12.1. The molecule has 0 atom stereocenters. The van der Waals surface area contributed by atoms with E-state index in [9.17, 15) is 8.78 Å². The summed E-state index contributed by atoms with van der Waals surface area (Å²) in [6.45, 7) is -0.290. The van der Waals surface area contributed by atoms with Crippen molar-refractivity contribution in [3.8, 4) is 5.75 Å². The maximum absolute atomic E-state index is 13.8. The van der Waals surface area contributed by atoms with Gasteiger partial charge in [-0.25, -0.2) is 8.78 Å². The molecule has 0 heterocycles. The standard InChI is InChI=1S/C13H8Br2ClF2NO/c14-8-1-2-10(17)7(12(8)18)5-20-13-9(15)3-6(16)4-11(13)19/h1-4H,5,19H2. The van der Waals surface area contributed by atoms with Crippen LogP contribution in [0.3, 0.4) is 0 Å². The van der Waals surface area contributed by atoms with Crippen LogP contribution in [0.1, 0.15) is 5.56 Å². The van der Waals surface area contributed by atoms with Gasteiger partial charge in [-0.05, 0) is 56.1 Å². The third kappa shape index (κ3) is 3.24. The highest BCUT2D eigenvalue weighted by Gasteiger charge is 2.15. The predicted octanol–water partition coefficient (Wildman–Crippen LogP) is 5.30. The van der Waals surface area contributed by atoms with Gasteiger partial charge in [0.1, 0.15) is 18.2 Å². The zero-order valence-electron chi connectivity index (χ0n) is 9.89. The highest BCUT2D eigenvalue weighted by atomic mass is 79.9. The molecule has 0 saturated carbocycles. The SMILES string of the molecule is Nc1cc(Cl)cc(Br)c1OCc1c(F)ccc(Br)c1F. The summed E-state index contributed by atoms with van der Waals surface area (Å²) in [5.74, 6) is -1.10. The fourth-order valence-electron chi connectivity index (χ4n) is 1.58. The molecule has 2 rings (SSSR count). The van der Waals surface area contributed by atoms with Crippen LogP contribution in [-0.2, 0) is 6.61 Å². The van der Waals surface area contributed by atoms with Crippen molar-refractivity contribution in [3.05, 3.63) is 55.4 Å². The molecule has 2 aromatic carbocycles. The minimum Gasteiger partial charge on any atom is -0.485 e. The summed E-state index contributed by atoms with van der Waals surface area (Å²) in [7, 11) is 0. The fourth-order valence-corrected chi connectivity index (χ4v) is 2.90. The molecule has 20 heavy (non-hydrogen) atoms. The smallest absolute Gasteiger partial charge is 0.156 e. The fraction of sp³-hybridized carbons (Fsp3) is 0.0769. The normalized spacial score (nSPS) is 10.7. The molecule has 106 valence electrons. The van der Waals surface area contributed by atoms with Crippen LogP contribution in [-0.4, -0.2) is 0 Å². The van der Waals surface area contributed by atoms with Gasteiger partial charge in [-0.1, -0.05) is 11.6 Å². The van der Waals surface area contributed by atoms with Gasteiger partial charge in [0.25, 0.3) is 0 Å². The molecule has 0 amide bonds. The first kappa shape index (κ1) is 15.5. The van der Waals surface area contributed by atoms with E-state index in [1.807, 2.05) is 0 Å². The van der Waals surface area contributed by atoms with E-state index in [2.05, 4.69) is 31.9 Å². The van der Waals surface area contributed by atoms with Gasteiger partial charge in [0, 0.05) is 5.02 Å². The first-order chi connectivity index (χ1) is 9.40. The van der Waals surface area contributed by atoms with Gasteiger partial charge in [0.05, 0.1) is 20.2 Å². The number of rotatable bonds is 3. The Kier molecular flexibility index (Phi) is 4.88. The molecule has 2 aromatic rings. The molecule has 0 saturated heterocycles. The molecule has 0 spiro atoms. The second kappa shape index (κ2) is 6.28. The van der Waals surface area contributed by atoms with Crippen LogP contribution in [0.4, 0.5) is 14.5 Å². The van der Waals surface area contributed by atoms with E-state index >= 15 is 0 Å². The second-order valence-corrected chi connectivity index (χ2v) is 6.06. The van der Waals surface area contributed by atoms with E-state index in [1.165, 1.54) is 12.1 Å². The number of benzene rings is 2. The monoisotopic (exact) mass is 425 g/mol. The number of hydrogen-bond acceptors (Lipinski definition) is 2. The quantitative estimate of drug-likeness (QED) is 0.533. The Hall–Kier alpha value is -0.850. The number of hydrogen-bond donors (Lipinski definition) is 1. The van der Waals surface area contributed by atoms with Crippen molar-refractivity contribution in [2.75, 3.05) is 5.73 Å². The van der Waals surface area contributed by atoms with Crippen LogP contribution in [0.2, 0.25) is 5.02 Å². The van der Waals surface area contributed by atoms with E-state index in [0.717, 1.165) is 6.07 Å². The summed E-state index contributed by atoms with van der Waals surface area (Å²) in [5.41, 5.74) is 5.85.